The molecule has 2 saturated heterocycles. The summed E-state index contributed by atoms with van der Waals surface area (Å²) in [6, 6.07) is 26.2. The van der Waals surface area contributed by atoms with Crippen LogP contribution >= 0.6 is 0 Å². The van der Waals surface area contributed by atoms with E-state index in [9.17, 15) is 24.0 Å². The molecule has 14 heteroatoms. The second kappa shape index (κ2) is 19.9. The summed E-state index contributed by atoms with van der Waals surface area (Å²) in [4.78, 5) is 67.0. The van der Waals surface area contributed by atoms with Crippen LogP contribution in [0, 0.1) is 10.8 Å². The molecule has 4 aromatic rings. The second-order valence-corrected chi connectivity index (χ2v) is 15.0. The van der Waals surface area contributed by atoms with Gasteiger partial charge in [0.05, 0.1) is 49.4 Å². The predicted molar refractivity (Wildman–Crippen MR) is 218 cm³/mol. The normalized spacial score (nSPS) is 25.6. The first-order valence-corrected chi connectivity index (χ1v) is 20.1. The van der Waals surface area contributed by atoms with E-state index in [4.69, 9.17) is 33.2 Å². The summed E-state index contributed by atoms with van der Waals surface area (Å²) in [7, 11) is 2.40. The molecule has 0 saturated carbocycles. The van der Waals surface area contributed by atoms with Crippen LogP contribution in [0.25, 0.3) is 0 Å². The van der Waals surface area contributed by atoms with Crippen molar-refractivity contribution in [2.75, 3.05) is 14.2 Å². The molecule has 1 aromatic heterocycles. The fraction of sp³-hybridized carbons (Fsp3) is 0.435. The van der Waals surface area contributed by atoms with E-state index in [-0.39, 0.29) is 23.6 Å². The summed E-state index contributed by atoms with van der Waals surface area (Å²) < 4.78 is 40.8. The van der Waals surface area contributed by atoms with Crippen LogP contribution in [0.5, 0.6) is 0 Å². The lowest BCUT2D eigenvalue weighted by Gasteiger charge is -2.33. The number of rotatable bonds is 13. The van der Waals surface area contributed by atoms with E-state index in [0.717, 1.165) is 12.8 Å². The van der Waals surface area contributed by atoms with Gasteiger partial charge in [0.25, 0.3) is 0 Å². The molecule has 0 aliphatic carbocycles. The van der Waals surface area contributed by atoms with E-state index in [0.29, 0.717) is 29.5 Å². The third-order valence-electron chi connectivity index (χ3n) is 11.7. The Morgan fingerprint density at radius 2 is 1.00 bits per heavy atom. The third kappa shape index (κ3) is 9.29. The Kier molecular flexibility index (Phi) is 15.0. The number of benzene rings is 3. The molecule has 0 N–H and O–H groups in total. The Bertz CT molecular complexity index is 2090. The zero-order valence-electron chi connectivity index (χ0n) is 35.3. The number of aromatic nitrogens is 2. The first kappa shape index (κ1) is 45.2. The third-order valence-corrected chi connectivity index (χ3v) is 11.7. The van der Waals surface area contributed by atoms with Crippen LogP contribution in [0.15, 0.2) is 97.3 Å². The molecule has 14 nitrogen and oxygen atoms in total. The van der Waals surface area contributed by atoms with Crippen molar-refractivity contribution in [2.24, 2.45) is 10.8 Å². The quantitative estimate of drug-likeness (QED) is 0.0940. The summed E-state index contributed by atoms with van der Waals surface area (Å²) in [6.07, 6.45) is 0.332. The van der Waals surface area contributed by atoms with Gasteiger partial charge < -0.3 is 33.2 Å². The number of esters is 5. The minimum absolute atomic E-state index is 0.125. The zero-order chi connectivity index (χ0) is 43.6. The van der Waals surface area contributed by atoms with Gasteiger partial charge in [-0.15, -0.1) is 0 Å². The standard InChI is InChI=1S/C23H28N2O7.C23H26O5/c1-6-15-23(3,7-2)18(32-20(26)14-11-9-8-10-12-14)19(31-15)25-13-24-16(21(27)29-4)17(25)22(28)30-5;1-4-18-23(3,5-2)19(27-20(24)16-12-8-6-9-13-16)22(26-18)28-21(25)17-14-10-7-11-15-17/h8-13,15,18-19H,6-7H2,1-5H3;6-15,18-19,22H,4-5H2,1-3H3. The van der Waals surface area contributed by atoms with Gasteiger partial charge in [-0.05, 0) is 62.1 Å². The van der Waals surface area contributed by atoms with E-state index < -0.39 is 65.4 Å². The van der Waals surface area contributed by atoms with Gasteiger partial charge in [0.15, 0.2) is 29.8 Å². The maximum absolute atomic E-state index is 12.9. The highest BCUT2D eigenvalue weighted by atomic mass is 16.7. The maximum Gasteiger partial charge on any atom is 0.359 e. The molecule has 60 heavy (non-hydrogen) atoms. The van der Waals surface area contributed by atoms with E-state index >= 15 is 0 Å². The van der Waals surface area contributed by atoms with Crippen molar-refractivity contribution in [3.05, 3.63) is 125 Å². The SMILES string of the molecule is CCC1OC(OC(=O)c2ccccc2)C(OC(=O)c2ccccc2)C1(C)CC.CCC1OC(n2cnc(C(=O)OC)c2C(=O)OC)C(OC(=O)c2ccccc2)C1(C)CC. The zero-order valence-corrected chi connectivity index (χ0v) is 35.3. The Hall–Kier alpha value is -5.86. The van der Waals surface area contributed by atoms with Crippen molar-refractivity contribution in [1.82, 2.24) is 9.55 Å². The molecule has 3 aromatic carbocycles. The Labute approximate surface area is 350 Å². The van der Waals surface area contributed by atoms with Crippen LogP contribution in [-0.4, -0.2) is 84.3 Å². The second-order valence-electron chi connectivity index (χ2n) is 15.0. The van der Waals surface area contributed by atoms with Crippen molar-refractivity contribution in [2.45, 2.75) is 104 Å². The molecule has 6 rings (SSSR count). The van der Waals surface area contributed by atoms with Crippen molar-refractivity contribution in [3.8, 4) is 0 Å². The summed E-state index contributed by atoms with van der Waals surface area (Å²) in [6.45, 7) is 12.0. The number of imidazole rings is 1. The Morgan fingerprint density at radius 3 is 1.43 bits per heavy atom. The highest BCUT2D eigenvalue weighted by Crippen LogP contribution is 2.50. The Morgan fingerprint density at radius 1 is 0.583 bits per heavy atom. The molecule has 0 spiro atoms. The van der Waals surface area contributed by atoms with Crippen molar-refractivity contribution >= 4 is 29.8 Å². The minimum atomic E-state index is -0.949. The van der Waals surface area contributed by atoms with Gasteiger partial charge >= 0.3 is 29.8 Å². The summed E-state index contributed by atoms with van der Waals surface area (Å²) in [5.41, 5.74) is -0.0481. The highest BCUT2D eigenvalue weighted by Gasteiger charge is 2.57. The molecule has 2 aliphatic heterocycles. The van der Waals surface area contributed by atoms with Gasteiger partial charge in [-0.3, -0.25) is 4.57 Å². The van der Waals surface area contributed by atoms with E-state index in [1.165, 1.54) is 25.1 Å². The minimum Gasteiger partial charge on any atom is -0.464 e. The van der Waals surface area contributed by atoms with Crippen LogP contribution < -0.4 is 0 Å². The van der Waals surface area contributed by atoms with Crippen molar-refractivity contribution in [1.29, 1.82) is 0 Å². The van der Waals surface area contributed by atoms with E-state index in [2.05, 4.69) is 4.98 Å². The van der Waals surface area contributed by atoms with Gasteiger partial charge in [-0.25, -0.2) is 29.0 Å². The maximum atomic E-state index is 12.9. The Balaban J connectivity index is 0.000000230. The lowest BCUT2D eigenvalue weighted by Crippen LogP contribution is -2.42. The first-order chi connectivity index (χ1) is 28.8. The lowest BCUT2D eigenvalue weighted by atomic mass is 9.77. The number of carbonyl (C=O) groups is 5. The van der Waals surface area contributed by atoms with Crippen LogP contribution in [0.4, 0.5) is 0 Å². The average molecular weight is 827 g/mol. The molecule has 2 aliphatic rings. The van der Waals surface area contributed by atoms with Crippen LogP contribution in [0.3, 0.4) is 0 Å². The van der Waals surface area contributed by atoms with Crippen molar-refractivity contribution in [3.63, 3.8) is 0 Å². The van der Waals surface area contributed by atoms with Crippen LogP contribution in [0.1, 0.15) is 126 Å². The predicted octanol–water partition coefficient (Wildman–Crippen LogP) is 8.03. The summed E-state index contributed by atoms with van der Waals surface area (Å²) in [5.74, 6) is -3.02. The fourth-order valence-corrected chi connectivity index (χ4v) is 7.82. The number of methoxy groups -OCH3 is 2. The largest absolute Gasteiger partial charge is 0.464 e. The molecule has 0 amide bonds. The number of ether oxygens (including phenoxy) is 7. The van der Waals surface area contributed by atoms with Gasteiger partial charge in [0.1, 0.15) is 0 Å². The fourth-order valence-electron chi connectivity index (χ4n) is 7.82. The summed E-state index contributed by atoms with van der Waals surface area (Å²) in [5, 5.41) is 0. The van der Waals surface area contributed by atoms with Crippen LogP contribution in [0.2, 0.25) is 0 Å². The molecule has 8 atom stereocenters. The van der Waals surface area contributed by atoms with Gasteiger partial charge in [-0.2, -0.15) is 0 Å². The van der Waals surface area contributed by atoms with Crippen LogP contribution in [-0.2, 0) is 33.2 Å². The number of nitrogens with zero attached hydrogens (tertiary/aromatic N) is 2. The van der Waals surface area contributed by atoms with Gasteiger partial charge in [-0.1, -0.05) is 96.1 Å². The molecular weight excluding hydrogens is 773 g/mol. The monoisotopic (exact) mass is 826 g/mol. The smallest absolute Gasteiger partial charge is 0.359 e. The topological polar surface area (TPSA) is 168 Å². The van der Waals surface area contributed by atoms with Gasteiger partial charge in [0.2, 0.25) is 6.29 Å². The molecule has 8 unspecified atom stereocenters. The van der Waals surface area contributed by atoms with Crippen molar-refractivity contribution < 1.29 is 57.1 Å². The highest BCUT2D eigenvalue weighted by molar-refractivity contribution is 6.00. The average Bonchev–Trinajstić information content (AvgIpc) is 3.93. The van der Waals surface area contributed by atoms with Gasteiger partial charge in [0, 0.05) is 10.8 Å². The summed E-state index contributed by atoms with van der Waals surface area (Å²) >= 11 is 0. The molecular formula is C46H54N2O12. The molecule has 0 radical (unpaired) electrons. The molecule has 320 valence electrons. The number of hydrogen-bond donors (Lipinski definition) is 0. The lowest BCUT2D eigenvalue weighted by molar-refractivity contribution is -0.136. The van der Waals surface area contributed by atoms with E-state index in [1.807, 2.05) is 59.7 Å². The molecule has 2 fully saturated rings. The number of carbonyl (C=O) groups excluding carboxylic acids is 5. The molecule has 3 heterocycles. The van der Waals surface area contributed by atoms with E-state index in [1.54, 1.807) is 72.8 Å². The number of hydrogen-bond acceptors (Lipinski definition) is 13. The first-order valence-electron chi connectivity index (χ1n) is 20.1. The molecule has 0 bridgehead atoms.